The van der Waals surface area contributed by atoms with E-state index in [0.29, 0.717) is 30.1 Å². The van der Waals surface area contributed by atoms with Gasteiger partial charge in [0.15, 0.2) is 0 Å². The first kappa shape index (κ1) is 17.6. The Morgan fingerprint density at radius 1 is 1.33 bits per heavy atom. The molecule has 0 bridgehead atoms. The number of likely N-dealkylation sites (N-methyl/N-ethyl adjacent to an activating group) is 1. The quantitative estimate of drug-likeness (QED) is 0.733. The third kappa shape index (κ3) is 6.67. The third-order valence-corrected chi connectivity index (χ3v) is 3.03. The summed E-state index contributed by atoms with van der Waals surface area (Å²) >= 11 is 0. The minimum atomic E-state index is 0.357. The largest absolute Gasteiger partial charge is 0.476 e. The average molecular weight is 294 g/mol. The van der Waals surface area contributed by atoms with Crippen molar-refractivity contribution in [2.24, 2.45) is 5.92 Å². The lowest BCUT2D eigenvalue weighted by atomic mass is 10.0. The predicted octanol–water partition coefficient (Wildman–Crippen LogP) is 2.84. The molecule has 1 atom stereocenters. The molecule has 0 aliphatic rings. The number of rotatable bonds is 9. The van der Waals surface area contributed by atoms with Crippen LogP contribution in [0.5, 0.6) is 5.88 Å². The standard InChI is InChI=1S/C16H30N4O/c1-6-9-21-16-14(17)7-8-15(19-16)18-13(10-12(2)3)11-20(4)5/h7-8,12-13H,6,9-11,17H2,1-5H3,(H,18,19). The number of hydrogen-bond acceptors (Lipinski definition) is 5. The van der Waals surface area contributed by atoms with Gasteiger partial charge < -0.3 is 20.7 Å². The number of nitrogens with zero attached hydrogens (tertiary/aromatic N) is 2. The van der Waals surface area contributed by atoms with Crippen LogP contribution >= 0.6 is 0 Å². The van der Waals surface area contributed by atoms with Crippen molar-refractivity contribution in [2.45, 2.75) is 39.7 Å². The summed E-state index contributed by atoms with van der Waals surface area (Å²) in [6.07, 6.45) is 2.03. The van der Waals surface area contributed by atoms with Crippen molar-refractivity contribution in [3.8, 4) is 5.88 Å². The fourth-order valence-corrected chi connectivity index (χ4v) is 2.24. The Kier molecular flexibility index (Phi) is 7.29. The molecule has 0 aliphatic carbocycles. The van der Waals surface area contributed by atoms with Gasteiger partial charge in [0.25, 0.3) is 0 Å². The second kappa shape index (κ2) is 8.72. The monoisotopic (exact) mass is 294 g/mol. The molecule has 0 amide bonds. The Balaban J connectivity index is 2.77. The first-order chi connectivity index (χ1) is 9.92. The van der Waals surface area contributed by atoms with Crippen LogP contribution in [0.2, 0.25) is 0 Å². The Labute approximate surface area is 128 Å². The van der Waals surface area contributed by atoms with Crippen molar-refractivity contribution in [1.29, 1.82) is 0 Å². The highest BCUT2D eigenvalue weighted by Crippen LogP contribution is 2.22. The fourth-order valence-electron chi connectivity index (χ4n) is 2.24. The summed E-state index contributed by atoms with van der Waals surface area (Å²) in [6.45, 7) is 8.13. The SMILES string of the molecule is CCCOc1nc(NC(CC(C)C)CN(C)C)ccc1N. The molecule has 0 spiro atoms. The summed E-state index contributed by atoms with van der Waals surface area (Å²) in [5, 5.41) is 3.50. The smallest absolute Gasteiger partial charge is 0.239 e. The van der Waals surface area contributed by atoms with Gasteiger partial charge in [-0.25, -0.2) is 0 Å². The molecule has 0 aromatic carbocycles. The highest BCUT2D eigenvalue weighted by Gasteiger charge is 2.13. The lowest BCUT2D eigenvalue weighted by molar-refractivity contribution is 0.307. The number of pyridine rings is 1. The van der Waals surface area contributed by atoms with Gasteiger partial charge >= 0.3 is 0 Å². The van der Waals surface area contributed by atoms with Crippen LogP contribution in [0.25, 0.3) is 0 Å². The van der Waals surface area contributed by atoms with Gasteiger partial charge in [-0.2, -0.15) is 4.98 Å². The molecule has 1 unspecified atom stereocenters. The summed E-state index contributed by atoms with van der Waals surface area (Å²) in [5.74, 6) is 1.98. The molecule has 120 valence electrons. The number of nitrogens with one attached hydrogen (secondary N) is 1. The lowest BCUT2D eigenvalue weighted by Crippen LogP contribution is -2.33. The number of anilines is 2. The lowest BCUT2D eigenvalue weighted by Gasteiger charge is -2.24. The zero-order valence-electron chi connectivity index (χ0n) is 14.0. The van der Waals surface area contributed by atoms with E-state index < -0.39 is 0 Å². The van der Waals surface area contributed by atoms with Crippen molar-refractivity contribution in [2.75, 3.05) is 38.3 Å². The Bertz CT molecular complexity index is 411. The molecule has 3 N–H and O–H groups in total. The van der Waals surface area contributed by atoms with Crippen molar-refractivity contribution in [3.05, 3.63) is 12.1 Å². The molecule has 0 saturated carbocycles. The van der Waals surface area contributed by atoms with E-state index in [1.807, 2.05) is 12.1 Å². The molecular formula is C16H30N4O. The Hall–Kier alpha value is -1.49. The normalized spacial score (nSPS) is 12.7. The van der Waals surface area contributed by atoms with Crippen LogP contribution in [0.1, 0.15) is 33.6 Å². The van der Waals surface area contributed by atoms with E-state index in [1.165, 1.54) is 0 Å². The number of aromatic nitrogens is 1. The molecule has 1 heterocycles. The second-order valence-electron chi connectivity index (χ2n) is 6.17. The first-order valence-electron chi connectivity index (χ1n) is 7.73. The van der Waals surface area contributed by atoms with E-state index in [9.17, 15) is 0 Å². The Morgan fingerprint density at radius 3 is 2.62 bits per heavy atom. The average Bonchev–Trinajstić information content (AvgIpc) is 2.37. The van der Waals surface area contributed by atoms with E-state index in [2.05, 4.69) is 50.1 Å². The molecule has 5 nitrogen and oxygen atoms in total. The molecule has 1 aromatic rings. The highest BCUT2D eigenvalue weighted by molar-refractivity contribution is 5.53. The van der Waals surface area contributed by atoms with Gasteiger partial charge in [0, 0.05) is 12.6 Å². The van der Waals surface area contributed by atoms with Crippen LogP contribution in [0.15, 0.2) is 12.1 Å². The third-order valence-electron chi connectivity index (χ3n) is 3.03. The molecule has 1 aromatic heterocycles. The highest BCUT2D eigenvalue weighted by atomic mass is 16.5. The van der Waals surface area contributed by atoms with Gasteiger partial charge in [-0.3, -0.25) is 0 Å². The zero-order valence-corrected chi connectivity index (χ0v) is 14.0. The summed E-state index contributed by atoms with van der Waals surface area (Å²) < 4.78 is 5.58. The van der Waals surface area contributed by atoms with Gasteiger partial charge in [0.1, 0.15) is 5.82 Å². The number of hydrogen-bond donors (Lipinski definition) is 2. The van der Waals surface area contributed by atoms with Crippen molar-refractivity contribution >= 4 is 11.5 Å². The van der Waals surface area contributed by atoms with Gasteiger partial charge in [-0.1, -0.05) is 20.8 Å². The maximum atomic E-state index is 5.90. The van der Waals surface area contributed by atoms with E-state index in [0.717, 1.165) is 25.2 Å². The number of nitrogens with two attached hydrogens (primary N) is 1. The van der Waals surface area contributed by atoms with Gasteiger partial charge in [-0.05, 0) is 45.0 Å². The molecule has 5 heteroatoms. The van der Waals surface area contributed by atoms with Crippen LogP contribution in [0, 0.1) is 5.92 Å². The van der Waals surface area contributed by atoms with Crippen LogP contribution in [0.4, 0.5) is 11.5 Å². The molecule has 0 fully saturated rings. The Morgan fingerprint density at radius 2 is 2.05 bits per heavy atom. The first-order valence-corrected chi connectivity index (χ1v) is 7.73. The number of ether oxygens (including phenoxy) is 1. The molecule has 0 aliphatic heterocycles. The van der Waals surface area contributed by atoms with E-state index >= 15 is 0 Å². The van der Waals surface area contributed by atoms with E-state index in [4.69, 9.17) is 10.5 Å². The number of nitrogen functional groups attached to an aromatic ring is 1. The minimum Gasteiger partial charge on any atom is -0.476 e. The molecule has 21 heavy (non-hydrogen) atoms. The van der Waals surface area contributed by atoms with Crippen LogP contribution in [0.3, 0.4) is 0 Å². The van der Waals surface area contributed by atoms with Crippen molar-refractivity contribution in [3.63, 3.8) is 0 Å². The topological polar surface area (TPSA) is 63.4 Å². The van der Waals surface area contributed by atoms with Gasteiger partial charge in [0.05, 0.1) is 12.3 Å². The summed E-state index contributed by atoms with van der Waals surface area (Å²) in [7, 11) is 4.17. The van der Waals surface area contributed by atoms with Crippen LogP contribution in [-0.4, -0.2) is 43.2 Å². The van der Waals surface area contributed by atoms with Gasteiger partial charge in [0.2, 0.25) is 5.88 Å². The molecule has 0 saturated heterocycles. The molecule has 0 radical (unpaired) electrons. The minimum absolute atomic E-state index is 0.357. The summed E-state index contributed by atoms with van der Waals surface area (Å²) in [6, 6.07) is 4.12. The second-order valence-corrected chi connectivity index (χ2v) is 6.17. The van der Waals surface area contributed by atoms with Crippen molar-refractivity contribution in [1.82, 2.24) is 9.88 Å². The van der Waals surface area contributed by atoms with E-state index in [-0.39, 0.29) is 0 Å². The summed E-state index contributed by atoms with van der Waals surface area (Å²) in [5.41, 5.74) is 6.48. The van der Waals surface area contributed by atoms with Crippen molar-refractivity contribution < 1.29 is 4.74 Å². The fraction of sp³-hybridized carbons (Fsp3) is 0.688. The van der Waals surface area contributed by atoms with Crippen LogP contribution in [-0.2, 0) is 0 Å². The van der Waals surface area contributed by atoms with E-state index in [1.54, 1.807) is 0 Å². The predicted molar refractivity (Wildman–Crippen MR) is 89.9 cm³/mol. The summed E-state index contributed by atoms with van der Waals surface area (Å²) in [4.78, 5) is 6.67. The van der Waals surface area contributed by atoms with Crippen LogP contribution < -0.4 is 15.8 Å². The molecular weight excluding hydrogens is 264 g/mol. The maximum absolute atomic E-state index is 5.90. The molecule has 1 rings (SSSR count). The maximum Gasteiger partial charge on any atom is 0.239 e. The zero-order chi connectivity index (χ0) is 15.8. The van der Waals surface area contributed by atoms with Gasteiger partial charge in [-0.15, -0.1) is 0 Å².